The van der Waals surface area contributed by atoms with Crippen molar-refractivity contribution in [2.24, 2.45) is 5.73 Å². The van der Waals surface area contributed by atoms with Gasteiger partial charge in [0.25, 0.3) is 0 Å². The van der Waals surface area contributed by atoms with Gasteiger partial charge in [-0.25, -0.2) is 0 Å². The van der Waals surface area contributed by atoms with Crippen molar-refractivity contribution in [1.82, 2.24) is 4.98 Å². The number of hydrogen-bond donors (Lipinski definition) is 1. The first-order chi connectivity index (χ1) is 10.1. The van der Waals surface area contributed by atoms with Gasteiger partial charge >= 0.3 is 0 Å². The number of nitrogens with zero attached hydrogens (tertiary/aromatic N) is 1. The highest BCUT2D eigenvalue weighted by Crippen LogP contribution is 2.29. The summed E-state index contributed by atoms with van der Waals surface area (Å²) < 4.78 is 11.2. The van der Waals surface area contributed by atoms with E-state index in [0.29, 0.717) is 23.1 Å². The maximum Gasteiger partial charge on any atom is 0.161 e. The Labute approximate surface area is 129 Å². The van der Waals surface area contributed by atoms with Crippen LogP contribution in [-0.2, 0) is 13.0 Å². The largest absolute Gasteiger partial charge is 0.493 e. The maximum absolute atomic E-state index is 6.06. The van der Waals surface area contributed by atoms with Gasteiger partial charge in [0.1, 0.15) is 6.61 Å². The first kappa shape index (κ1) is 15.6. The smallest absolute Gasteiger partial charge is 0.161 e. The molecule has 2 N–H and O–H groups in total. The Kier molecular flexibility index (Phi) is 5.42. The molecule has 1 aromatic carbocycles. The third-order valence-corrected chi connectivity index (χ3v) is 3.37. The second kappa shape index (κ2) is 7.29. The molecule has 4 nitrogen and oxygen atoms in total. The molecular weight excluding hydrogens is 288 g/mol. The molecule has 0 fully saturated rings. The van der Waals surface area contributed by atoms with Crippen molar-refractivity contribution in [3.05, 3.63) is 52.8 Å². The molecule has 0 saturated heterocycles. The van der Waals surface area contributed by atoms with Crippen LogP contribution in [0.5, 0.6) is 11.5 Å². The van der Waals surface area contributed by atoms with Crippen molar-refractivity contribution in [2.45, 2.75) is 26.0 Å². The first-order valence-corrected chi connectivity index (χ1v) is 7.11. The minimum atomic E-state index is 0.108. The first-order valence-electron chi connectivity index (χ1n) is 6.74. The molecule has 1 aromatic heterocycles. The van der Waals surface area contributed by atoms with E-state index >= 15 is 0 Å². The van der Waals surface area contributed by atoms with E-state index in [2.05, 4.69) is 4.98 Å². The van der Waals surface area contributed by atoms with E-state index in [0.717, 1.165) is 17.5 Å². The van der Waals surface area contributed by atoms with E-state index in [1.165, 1.54) is 0 Å². The minimum absolute atomic E-state index is 0.108. The number of halogens is 1. The van der Waals surface area contributed by atoms with Gasteiger partial charge in [-0.15, -0.1) is 0 Å². The van der Waals surface area contributed by atoms with Crippen LogP contribution in [0.2, 0.25) is 5.02 Å². The van der Waals surface area contributed by atoms with Crippen molar-refractivity contribution in [2.75, 3.05) is 7.11 Å². The van der Waals surface area contributed by atoms with E-state index in [9.17, 15) is 0 Å². The van der Waals surface area contributed by atoms with Crippen LogP contribution in [0.15, 0.2) is 36.7 Å². The Bertz CT molecular complexity index is 603. The predicted octanol–water partition coefficient (Wildman–Crippen LogP) is 3.21. The lowest BCUT2D eigenvalue weighted by Crippen LogP contribution is -2.17. The quantitative estimate of drug-likeness (QED) is 0.890. The van der Waals surface area contributed by atoms with E-state index in [-0.39, 0.29) is 6.04 Å². The molecule has 1 atom stereocenters. The molecule has 0 radical (unpaired) electrons. The van der Waals surface area contributed by atoms with Crippen LogP contribution in [0.3, 0.4) is 0 Å². The average molecular weight is 307 g/mol. The number of benzene rings is 1. The molecule has 1 unspecified atom stereocenters. The lowest BCUT2D eigenvalue weighted by Gasteiger charge is -2.13. The van der Waals surface area contributed by atoms with E-state index in [1.807, 2.05) is 31.2 Å². The predicted molar refractivity (Wildman–Crippen MR) is 83.9 cm³/mol. The van der Waals surface area contributed by atoms with Gasteiger partial charge in [0, 0.05) is 24.0 Å². The molecule has 2 aromatic rings. The molecule has 0 aliphatic rings. The Morgan fingerprint density at radius 1 is 1.29 bits per heavy atom. The zero-order valence-corrected chi connectivity index (χ0v) is 12.9. The zero-order valence-electron chi connectivity index (χ0n) is 12.2. The number of aromatic nitrogens is 1. The fourth-order valence-electron chi connectivity index (χ4n) is 2.01. The van der Waals surface area contributed by atoms with E-state index in [1.54, 1.807) is 19.5 Å². The summed E-state index contributed by atoms with van der Waals surface area (Å²) in [5, 5.41) is 0.588. The number of pyridine rings is 1. The molecule has 0 bridgehead atoms. The Hall–Kier alpha value is -1.78. The van der Waals surface area contributed by atoms with E-state index < -0.39 is 0 Å². The summed E-state index contributed by atoms with van der Waals surface area (Å²) in [6, 6.07) is 7.78. The van der Waals surface area contributed by atoms with Crippen LogP contribution in [0.4, 0.5) is 0 Å². The summed E-state index contributed by atoms with van der Waals surface area (Å²) >= 11 is 6.06. The Morgan fingerprint density at radius 3 is 2.76 bits per heavy atom. The summed E-state index contributed by atoms with van der Waals surface area (Å²) in [7, 11) is 1.62. The van der Waals surface area contributed by atoms with Crippen molar-refractivity contribution >= 4 is 11.6 Å². The highest BCUT2D eigenvalue weighted by Gasteiger charge is 2.08. The van der Waals surface area contributed by atoms with Crippen LogP contribution < -0.4 is 15.2 Å². The summed E-state index contributed by atoms with van der Waals surface area (Å²) in [6.07, 6.45) is 4.09. The van der Waals surface area contributed by atoms with Crippen LogP contribution in [-0.4, -0.2) is 18.1 Å². The standard InChI is InChI=1S/C16H19ClN2O2/c1-11(18)7-12-3-4-15(16(8-12)20-2)21-10-13-5-6-19-9-14(13)17/h3-6,8-9,11H,7,10,18H2,1-2H3. The second-order valence-corrected chi connectivity index (χ2v) is 5.33. The van der Waals surface area contributed by atoms with Crippen molar-refractivity contribution < 1.29 is 9.47 Å². The van der Waals surface area contributed by atoms with Gasteiger partial charge in [0.15, 0.2) is 11.5 Å². The lowest BCUT2D eigenvalue weighted by atomic mass is 10.1. The summed E-state index contributed by atoms with van der Waals surface area (Å²) in [4.78, 5) is 3.95. The minimum Gasteiger partial charge on any atom is -0.493 e. The van der Waals surface area contributed by atoms with Gasteiger partial charge in [-0.1, -0.05) is 17.7 Å². The SMILES string of the molecule is COc1cc(CC(C)N)ccc1OCc1ccncc1Cl. The topological polar surface area (TPSA) is 57.4 Å². The molecule has 1 heterocycles. The molecule has 112 valence electrons. The van der Waals surface area contributed by atoms with Gasteiger partial charge in [-0.3, -0.25) is 4.98 Å². The van der Waals surface area contributed by atoms with Gasteiger partial charge in [-0.05, 0) is 37.1 Å². The molecule has 0 amide bonds. The summed E-state index contributed by atoms with van der Waals surface area (Å²) in [6.45, 7) is 2.34. The van der Waals surface area contributed by atoms with Crippen LogP contribution >= 0.6 is 11.6 Å². The number of rotatable bonds is 6. The molecule has 0 aliphatic heterocycles. The molecule has 0 spiro atoms. The molecule has 21 heavy (non-hydrogen) atoms. The zero-order chi connectivity index (χ0) is 15.2. The van der Waals surface area contributed by atoms with Gasteiger partial charge in [0.05, 0.1) is 12.1 Å². The third kappa shape index (κ3) is 4.34. The van der Waals surface area contributed by atoms with Gasteiger partial charge in [0.2, 0.25) is 0 Å². The number of hydrogen-bond acceptors (Lipinski definition) is 4. The van der Waals surface area contributed by atoms with Gasteiger partial charge in [-0.2, -0.15) is 0 Å². The van der Waals surface area contributed by atoms with Crippen molar-refractivity contribution in [3.63, 3.8) is 0 Å². The lowest BCUT2D eigenvalue weighted by molar-refractivity contribution is 0.284. The van der Waals surface area contributed by atoms with Crippen LogP contribution in [0.25, 0.3) is 0 Å². The molecule has 0 aliphatic carbocycles. The number of ether oxygens (including phenoxy) is 2. The summed E-state index contributed by atoms with van der Waals surface area (Å²) in [5.41, 5.74) is 7.82. The average Bonchev–Trinajstić information content (AvgIpc) is 2.46. The molecular formula is C16H19ClN2O2. The maximum atomic E-state index is 6.06. The highest BCUT2D eigenvalue weighted by atomic mass is 35.5. The van der Waals surface area contributed by atoms with Gasteiger partial charge < -0.3 is 15.2 Å². The normalized spacial score (nSPS) is 12.0. The van der Waals surface area contributed by atoms with Crippen LogP contribution in [0, 0.1) is 0 Å². The number of nitrogens with two attached hydrogens (primary N) is 1. The van der Waals surface area contributed by atoms with E-state index in [4.69, 9.17) is 26.8 Å². The molecule has 5 heteroatoms. The second-order valence-electron chi connectivity index (χ2n) is 4.92. The monoisotopic (exact) mass is 306 g/mol. The highest BCUT2D eigenvalue weighted by molar-refractivity contribution is 6.31. The molecule has 2 rings (SSSR count). The number of methoxy groups -OCH3 is 1. The fraction of sp³-hybridized carbons (Fsp3) is 0.312. The fourth-order valence-corrected chi connectivity index (χ4v) is 2.18. The van der Waals surface area contributed by atoms with Crippen molar-refractivity contribution in [1.29, 1.82) is 0 Å². The molecule has 0 saturated carbocycles. The van der Waals surface area contributed by atoms with Crippen LogP contribution in [0.1, 0.15) is 18.1 Å². The van der Waals surface area contributed by atoms with Crippen molar-refractivity contribution in [3.8, 4) is 11.5 Å². The Morgan fingerprint density at radius 2 is 2.10 bits per heavy atom. The Balaban J connectivity index is 2.11. The summed E-state index contributed by atoms with van der Waals surface area (Å²) in [5.74, 6) is 1.37. The third-order valence-electron chi connectivity index (χ3n) is 3.03.